The Balaban J connectivity index is 1.52. The van der Waals surface area contributed by atoms with E-state index in [2.05, 4.69) is 30.4 Å². The summed E-state index contributed by atoms with van der Waals surface area (Å²) in [4.78, 5) is 41.7. The Morgan fingerprint density at radius 3 is 2.82 bits per heavy atom. The van der Waals surface area contributed by atoms with Crippen LogP contribution < -0.4 is 11.1 Å². The number of hydrogen-bond acceptors (Lipinski definition) is 9. The van der Waals surface area contributed by atoms with Crippen molar-refractivity contribution in [3.8, 4) is 11.5 Å². The Bertz CT molecular complexity index is 1570. The zero-order chi connectivity index (χ0) is 27.2. The van der Waals surface area contributed by atoms with Crippen LogP contribution in [0.4, 0.5) is 24.8 Å². The third kappa shape index (κ3) is 4.53. The van der Waals surface area contributed by atoms with Gasteiger partial charge in [-0.2, -0.15) is 18.3 Å². The van der Waals surface area contributed by atoms with Crippen LogP contribution in [-0.4, -0.2) is 52.9 Å². The van der Waals surface area contributed by atoms with Crippen LogP contribution >= 0.6 is 11.3 Å². The smallest absolute Gasteiger partial charge is 0.389 e. The number of alkyl halides is 3. The van der Waals surface area contributed by atoms with Gasteiger partial charge in [0.1, 0.15) is 27.8 Å². The molecular weight excluding hydrogens is 525 g/mol. The van der Waals surface area contributed by atoms with Gasteiger partial charge in [0, 0.05) is 31.0 Å². The highest BCUT2D eigenvalue weighted by Gasteiger charge is 2.49. The van der Waals surface area contributed by atoms with E-state index in [-0.39, 0.29) is 49.0 Å². The molecule has 5 heterocycles. The lowest BCUT2D eigenvalue weighted by Crippen LogP contribution is -2.33. The van der Waals surface area contributed by atoms with Gasteiger partial charge in [-0.05, 0) is 25.5 Å². The zero-order valence-corrected chi connectivity index (χ0v) is 20.7. The SMILES string of the molecule is C[C@@]1(c2nc(CCC(=O)O)cs2)C(=O)Nc2nc(-c3nn(CCCC(F)(F)F)c4ncccc34)nc(N)c21. The monoisotopic (exact) mass is 546 g/mol. The van der Waals surface area contributed by atoms with Crippen LogP contribution in [-0.2, 0) is 28.0 Å². The van der Waals surface area contributed by atoms with Crippen molar-refractivity contribution < 1.29 is 27.9 Å². The summed E-state index contributed by atoms with van der Waals surface area (Å²) < 4.78 is 39.4. The number of carboxylic acids is 1. The van der Waals surface area contributed by atoms with Gasteiger partial charge in [0.05, 0.1) is 23.1 Å². The number of thiazole rings is 1. The number of fused-ring (bicyclic) bond motifs is 2. The van der Waals surface area contributed by atoms with E-state index >= 15 is 0 Å². The van der Waals surface area contributed by atoms with Gasteiger partial charge in [-0.1, -0.05) is 0 Å². The number of aromatic nitrogens is 6. The molecule has 198 valence electrons. The van der Waals surface area contributed by atoms with E-state index in [1.807, 2.05) is 0 Å². The van der Waals surface area contributed by atoms with Crippen molar-refractivity contribution >= 4 is 45.9 Å². The number of nitrogen functional groups attached to an aromatic ring is 1. The Hall–Kier alpha value is -4.14. The quantitative estimate of drug-likeness (QED) is 0.300. The summed E-state index contributed by atoms with van der Waals surface area (Å²) in [7, 11) is 0. The van der Waals surface area contributed by atoms with Crippen LogP contribution in [0.5, 0.6) is 0 Å². The van der Waals surface area contributed by atoms with E-state index in [0.717, 1.165) is 0 Å². The number of anilines is 2. The predicted molar refractivity (Wildman–Crippen MR) is 131 cm³/mol. The fraction of sp³-hybridized carbons (Fsp3) is 0.348. The summed E-state index contributed by atoms with van der Waals surface area (Å²) in [5, 5.41) is 18.7. The van der Waals surface area contributed by atoms with Gasteiger partial charge >= 0.3 is 12.1 Å². The number of pyridine rings is 1. The number of nitrogens with two attached hydrogens (primary N) is 1. The minimum atomic E-state index is -4.28. The molecule has 0 fully saturated rings. The minimum Gasteiger partial charge on any atom is -0.481 e. The summed E-state index contributed by atoms with van der Waals surface area (Å²) in [5.74, 6) is -1.11. The number of rotatable bonds is 8. The summed E-state index contributed by atoms with van der Waals surface area (Å²) in [5.41, 5.74) is 6.56. The maximum absolute atomic E-state index is 13.2. The molecule has 1 aliphatic rings. The number of carbonyl (C=O) groups is 2. The number of aliphatic carboxylic acids is 1. The molecule has 15 heteroatoms. The number of nitrogens with one attached hydrogen (secondary N) is 1. The molecule has 0 aliphatic carbocycles. The van der Waals surface area contributed by atoms with Gasteiger partial charge in [0.2, 0.25) is 5.91 Å². The molecule has 11 nitrogen and oxygen atoms in total. The first-order valence-electron chi connectivity index (χ1n) is 11.5. The lowest BCUT2D eigenvalue weighted by molar-refractivity contribution is -0.137. The molecule has 4 aromatic heterocycles. The largest absolute Gasteiger partial charge is 0.481 e. The van der Waals surface area contributed by atoms with Crippen LogP contribution in [0.15, 0.2) is 23.7 Å². The minimum absolute atomic E-state index is 0.0109. The van der Waals surface area contributed by atoms with E-state index in [1.54, 1.807) is 24.4 Å². The molecule has 0 bridgehead atoms. The number of aryl methyl sites for hydroxylation is 2. The third-order valence-corrected chi connectivity index (χ3v) is 7.36. The van der Waals surface area contributed by atoms with Crippen LogP contribution in [0.2, 0.25) is 0 Å². The molecule has 0 aromatic carbocycles. The third-order valence-electron chi connectivity index (χ3n) is 6.25. The molecule has 5 rings (SSSR count). The van der Waals surface area contributed by atoms with Crippen LogP contribution in [0, 0.1) is 0 Å². The molecule has 1 amide bonds. The van der Waals surface area contributed by atoms with Crippen molar-refractivity contribution in [2.45, 2.75) is 50.7 Å². The lowest BCUT2D eigenvalue weighted by atomic mass is 9.85. The number of amides is 1. The Labute approximate surface area is 217 Å². The summed E-state index contributed by atoms with van der Waals surface area (Å²) in [6, 6.07) is 3.36. The molecule has 0 unspecified atom stereocenters. The number of carbonyl (C=O) groups excluding carboxylic acids is 1. The van der Waals surface area contributed by atoms with Crippen molar-refractivity contribution in [1.29, 1.82) is 0 Å². The van der Waals surface area contributed by atoms with Crippen molar-refractivity contribution in [3.63, 3.8) is 0 Å². The van der Waals surface area contributed by atoms with Crippen LogP contribution in [0.3, 0.4) is 0 Å². The molecule has 1 aliphatic heterocycles. The first kappa shape index (κ1) is 25.5. The van der Waals surface area contributed by atoms with Gasteiger partial charge in [-0.25, -0.2) is 24.6 Å². The van der Waals surface area contributed by atoms with E-state index in [1.165, 1.54) is 22.2 Å². The molecule has 4 N–H and O–H groups in total. The molecule has 0 radical (unpaired) electrons. The second-order valence-corrected chi connectivity index (χ2v) is 9.80. The normalized spacial score (nSPS) is 17.1. The van der Waals surface area contributed by atoms with Gasteiger partial charge in [0.25, 0.3) is 0 Å². The zero-order valence-electron chi connectivity index (χ0n) is 19.9. The Morgan fingerprint density at radius 2 is 2.08 bits per heavy atom. The molecule has 1 atom stereocenters. The maximum Gasteiger partial charge on any atom is 0.389 e. The van der Waals surface area contributed by atoms with Crippen LogP contribution in [0.1, 0.15) is 42.5 Å². The molecule has 38 heavy (non-hydrogen) atoms. The van der Waals surface area contributed by atoms with E-state index in [4.69, 9.17) is 10.8 Å². The average molecular weight is 547 g/mol. The number of carboxylic acid groups (broad SMARTS) is 1. The Kier molecular flexibility index (Phi) is 6.25. The molecule has 0 saturated heterocycles. The van der Waals surface area contributed by atoms with Crippen molar-refractivity contribution in [3.05, 3.63) is 40.0 Å². The number of nitrogens with zero attached hydrogens (tertiary/aromatic N) is 6. The highest BCUT2D eigenvalue weighted by molar-refractivity contribution is 7.10. The molecule has 0 saturated carbocycles. The van der Waals surface area contributed by atoms with Crippen molar-refractivity contribution in [2.24, 2.45) is 0 Å². The number of hydrogen-bond donors (Lipinski definition) is 3. The summed E-state index contributed by atoms with van der Waals surface area (Å²) in [6.45, 7) is 1.62. The second-order valence-electron chi connectivity index (χ2n) is 8.94. The van der Waals surface area contributed by atoms with Gasteiger partial charge in [-0.15, -0.1) is 11.3 Å². The summed E-state index contributed by atoms with van der Waals surface area (Å²) in [6.07, 6.45) is -3.79. The van der Waals surface area contributed by atoms with Gasteiger partial charge in [0.15, 0.2) is 11.5 Å². The standard InChI is InChI=1S/C23H21F3N8O3S/c1-22(21-29-11(10-38-21)5-6-13(35)36)14-16(27)30-18(31-17(14)32-20(22)37)15-12-4-2-8-28-19(12)34(33-15)9-3-7-23(24,25)26/h2,4,8,10H,3,5-7,9H2,1H3,(H,35,36)(H3,27,30,31,32,37)/t22-/m0/s1. The van der Waals surface area contributed by atoms with E-state index in [0.29, 0.717) is 27.3 Å². The second kappa shape index (κ2) is 9.31. The lowest BCUT2D eigenvalue weighted by Gasteiger charge is -2.20. The topological polar surface area (TPSA) is 162 Å². The molecular formula is C23H21F3N8O3S. The average Bonchev–Trinajstić information content (AvgIpc) is 3.53. The van der Waals surface area contributed by atoms with E-state index < -0.39 is 29.9 Å². The predicted octanol–water partition coefficient (Wildman–Crippen LogP) is 3.54. The van der Waals surface area contributed by atoms with Gasteiger partial charge in [-0.3, -0.25) is 9.59 Å². The van der Waals surface area contributed by atoms with Crippen LogP contribution in [0.25, 0.3) is 22.6 Å². The summed E-state index contributed by atoms with van der Waals surface area (Å²) >= 11 is 1.21. The van der Waals surface area contributed by atoms with Crippen molar-refractivity contribution in [1.82, 2.24) is 29.7 Å². The van der Waals surface area contributed by atoms with E-state index in [9.17, 15) is 22.8 Å². The Morgan fingerprint density at radius 1 is 1.29 bits per heavy atom. The van der Waals surface area contributed by atoms with Gasteiger partial charge < -0.3 is 16.2 Å². The first-order chi connectivity index (χ1) is 18.0. The fourth-order valence-corrected chi connectivity index (χ4v) is 5.38. The fourth-order valence-electron chi connectivity index (χ4n) is 4.36. The van der Waals surface area contributed by atoms with Crippen molar-refractivity contribution in [2.75, 3.05) is 11.1 Å². The molecule has 4 aromatic rings. The highest BCUT2D eigenvalue weighted by atomic mass is 32.1. The first-order valence-corrected chi connectivity index (χ1v) is 12.4. The number of halogens is 3. The maximum atomic E-state index is 13.2. The molecule has 0 spiro atoms. The highest BCUT2D eigenvalue weighted by Crippen LogP contribution is 2.46.